The first-order chi connectivity index (χ1) is 12.2. The molecule has 0 aliphatic heterocycles. The van der Waals surface area contributed by atoms with Gasteiger partial charge in [-0.3, -0.25) is 4.90 Å². The summed E-state index contributed by atoms with van der Waals surface area (Å²) < 4.78 is 5.25. The summed E-state index contributed by atoms with van der Waals surface area (Å²) in [7, 11) is 4.02. The van der Waals surface area contributed by atoms with Crippen molar-refractivity contribution < 1.29 is 4.74 Å². The fourth-order valence-corrected chi connectivity index (χ4v) is 4.13. The first-order valence-electron chi connectivity index (χ1n) is 9.57. The minimum atomic E-state index is 0.490. The molecule has 2 nitrogen and oxygen atoms in total. The summed E-state index contributed by atoms with van der Waals surface area (Å²) >= 11 is 0. The zero-order valence-corrected chi connectivity index (χ0v) is 15.8. The minimum absolute atomic E-state index is 0.490. The Labute approximate surface area is 152 Å². The van der Waals surface area contributed by atoms with Crippen LogP contribution >= 0.6 is 0 Å². The molecule has 2 aromatic rings. The van der Waals surface area contributed by atoms with E-state index in [1.54, 1.807) is 7.11 Å². The highest BCUT2D eigenvalue weighted by atomic mass is 16.5. The Kier molecular flexibility index (Phi) is 6.14. The highest BCUT2D eigenvalue weighted by Gasteiger charge is 2.26. The van der Waals surface area contributed by atoms with Gasteiger partial charge in [0, 0.05) is 12.1 Å². The van der Waals surface area contributed by atoms with Crippen LogP contribution in [0.5, 0.6) is 5.75 Å². The van der Waals surface area contributed by atoms with Crippen molar-refractivity contribution in [3.05, 3.63) is 65.7 Å². The van der Waals surface area contributed by atoms with Gasteiger partial charge in [-0.05, 0) is 75.3 Å². The normalized spacial score (nSPS) is 21.9. The van der Waals surface area contributed by atoms with E-state index in [1.807, 2.05) is 0 Å². The van der Waals surface area contributed by atoms with Crippen LogP contribution in [0.1, 0.15) is 49.8 Å². The van der Waals surface area contributed by atoms with E-state index in [0.29, 0.717) is 12.1 Å². The fraction of sp³-hybridized carbons (Fsp3) is 0.478. The maximum absolute atomic E-state index is 5.25. The van der Waals surface area contributed by atoms with Crippen molar-refractivity contribution in [3.8, 4) is 5.75 Å². The predicted octanol–water partition coefficient (Wildman–Crippen LogP) is 5.49. The van der Waals surface area contributed by atoms with Crippen LogP contribution in [0, 0.1) is 5.92 Å². The molecule has 0 bridgehead atoms. The van der Waals surface area contributed by atoms with Gasteiger partial charge in [-0.15, -0.1) is 0 Å². The van der Waals surface area contributed by atoms with E-state index in [4.69, 9.17) is 4.74 Å². The molecular weight excluding hydrogens is 306 g/mol. The van der Waals surface area contributed by atoms with Crippen LogP contribution in [-0.4, -0.2) is 25.1 Å². The van der Waals surface area contributed by atoms with E-state index < -0.39 is 0 Å². The van der Waals surface area contributed by atoms with Crippen LogP contribution in [0.3, 0.4) is 0 Å². The van der Waals surface area contributed by atoms with E-state index >= 15 is 0 Å². The third-order valence-corrected chi connectivity index (χ3v) is 5.97. The van der Waals surface area contributed by atoms with Crippen LogP contribution in [0.4, 0.5) is 0 Å². The monoisotopic (exact) mass is 337 g/mol. The van der Waals surface area contributed by atoms with E-state index in [9.17, 15) is 0 Å². The Morgan fingerprint density at radius 2 is 1.60 bits per heavy atom. The quantitative estimate of drug-likeness (QED) is 0.691. The SMILES string of the molecule is COc1ccc(CC2CCC(N(C)C(C)c3ccccc3)CC2)cc1. The number of benzene rings is 2. The molecule has 2 aromatic carbocycles. The van der Waals surface area contributed by atoms with Gasteiger partial charge in [0.2, 0.25) is 0 Å². The Balaban J connectivity index is 1.50. The standard InChI is InChI=1S/C23H31NO/c1-18(21-7-5-4-6-8-21)24(2)22-13-9-19(10-14-22)17-20-11-15-23(25-3)16-12-20/h4-8,11-12,15-16,18-19,22H,9-10,13-14,17H2,1-3H3. The van der Waals surface area contributed by atoms with Gasteiger partial charge >= 0.3 is 0 Å². The Morgan fingerprint density at radius 1 is 0.960 bits per heavy atom. The van der Waals surface area contributed by atoms with Gasteiger partial charge in [0.25, 0.3) is 0 Å². The van der Waals surface area contributed by atoms with Crippen molar-refractivity contribution in [2.45, 2.75) is 51.1 Å². The smallest absolute Gasteiger partial charge is 0.118 e. The Bertz CT molecular complexity index is 629. The lowest BCUT2D eigenvalue weighted by Gasteiger charge is -2.38. The van der Waals surface area contributed by atoms with Crippen molar-refractivity contribution >= 4 is 0 Å². The summed E-state index contributed by atoms with van der Waals surface area (Å²) in [6, 6.07) is 20.7. The topological polar surface area (TPSA) is 12.5 Å². The number of hydrogen-bond donors (Lipinski definition) is 0. The average molecular weight is 338 g/mol. The molecule has 1 aliphatic carbocycles. The summed E-state index contributed by atoms with van der Waals surface area (Å²) in [5.74, 6) is 1.77. The lowest BCUT2D eigenvalue weighted by molar-refractivity contribution is 0.127. The second-order valence-corrected chi connectivity index (χ2v) is 7.48. The summed E-state index contributed by atoms with van der Waals surface area (Å²) in [5.41, 5.74) is 2.86. The molecule has 1 atom stereocenters. The second kappa shape index (κ2) is 8.53. The summed E-state index contributed by atoms with van der Waals surface area (Å²) in [6.07, 6.45) is 6.50. The summed E-state index contributed by atoms with van der Waals surface area (Å²) in [5, 5.41) is 0. The molecule has 1 saturated carbocycles. The molecule has 0 N–H and O–H groups in total. The number of nitrogens with zero attached hydrogens (tertiary/aromatic N) is 1. The third kappa shape index (κ3) is 4.64. The molecule has 0 amide bonds. The molecule has 25 heavy (non-hydrogen) atoms. The van der Waals surface area contributed by atoms with Crippen LogP contribution in [0.2, 0.25) is 0 Å². The number of hydrogen-bond acceptors (Lipinski definition) is 2. The van der Waals surface area contributed by atoms with Crippen LogP contribution in [0.25, 0.3) is 0 Å². The number of rotatable bonds is 6. The molecule has 0 radical (unpaired) electrons. The molecule has 1 fully saturated rings. The molecule has 0 spiro atoms. The van der Waals surface area contributed by atoms with Gasteiger partial charge in [-0.25, -0.2) is 0 Å². The van der Waals surface area contributed by atoms with Crippen molar-refractivity contribution in [2.24, 2.45) is 5.92 Å². The van der Waals surface area contributed by atoms with Gasteiger partial charge in [-0.2, -0.15) is 0 Å². The van der Waals surface area contributed by atoms with Crippen LogP contribution < -0.4 is 4.74 Å². The van der Waals surface area contributed by atoms with Crippen molar-refractivity contribution in [1.82, 2.24) is 4.90 Å². The summed E-state index contributed by atoms with van der Waals surface area (Å²) in [4.78, 5) is 2.58. The maximum atomic E-state index is 5.25. The molecule has 2 heteroatoms. The second-order valence-electron chi connectivity index (χ2n) is 7.48. The first kappa shape index (κ1) is 18.0. The van der Waals surface area contributed by atoms with Gasteiger partial charge in [0.1, 0.15) is 5.75 Å². The highest BCUT2D eigenvalue weighted by molar-refractivity contribution is 5.27. The van der Waals surface area contributed by atoms with E-state index in [-0.39, 0.29) is 0 Å². The molecule has 0 aromatic heterocycles. The van der Waals surface area contributed by atoms with E-state index in [2.05, 4.69) is 73.5 Å². The van der Waals surface area contributed by atoms with Gasteiger partial charge < -0.3 is 4.74 Å². The predicted molar refractivity (Wildman–Crippen MR) is 105 cm³/mol. The fourth-order valence-electron chi connectivity index (χ4n) is 4.13. The van der Waals surface area contributed by atoms with Gasteiger partial charge in [0.15, 0.2) is 0 Å². The van der Waals surface area contributed by atoms with Crippen molar-refractivity contribution in [2.75, 3.05) is 14.2 Å². The van der Waals surface area contributed by atoms with Crippen molar-refractivity contribution in [1.29, 1.82) is 0 Å². The molecular formula is C23H31NO. The van der Waals surface area contributed by atoms with E-state index in [0.717, 1.165) is 11.7 Å². The highest BCUT2D eigenvalue weighted by Crippen LogP contribution is 2.33. The Morgan fingerprint density at radius 3 is 2.20 bits per heavy atom. The summed E-state index contributed by atoms with van der Waals surface area (Å²) in [6.45, 7) is 2.33. The molecule has 134 valence electrons. The molecule has 0 saturated heterocycles. The lowest BCUT2D eigenvalue weighted by atomic mass is 9.81. The zero-order chi connectivity index (χ0) is 17.6. The number of methoxy groups -OCH3 is 1. The van der Waals surface area contributed by atoms with Gasteiger partial charge in [-0.1, -0.05) is 42.5 Å². The molecule has 3 rings (SSSR count). The van der Waals surface area contributed by atoms with E-state index in [1.165, 1.54) is 43.2 Å². The maximum Gasteiger partial charge on any atom is 0.118 e. The van der Waals surface area contributed by atoms with Gasteiger partial charge in [0.05, 0.1) is 7.11 Å². The molecule has 0 heterocycles. The molecule has 1 aliphatic rings. The number of ether oxygens (including phenoxy) is 1. The zero-order valence-electron chi connectivity index (χ0n) is 15.8. The minimum Gasteiger partial charge on any atom is -0.497 e. The third-order valence-electron chi connectivity index (χ3n) is 5.97. The first-order valence-corrected chi connectivity index (χ1v) is 9.57. The van der Waals surface area contributed by atoms with Crippen LogP contribution in [0.15, 0.2) is 54.6 Å². The molecule has 1 unspecified atom stereocenters. The Hall–Kier alpha value is -1.80. The lowest BCUT2D eigenvalue weighted by Crippen LogP contribution is -2.37. The van der Waals surface area contributed by atoms with Crippen molar-refractivity contribution in [3.63, 3.8) is 0 Å². The largest absolute Gasteiger partial charge is 0.497 e. The van der Waals surface area contributed by atoms with Crippen LogP contribution in [-0.2, 0) is 6.42 Å². The average Bonchev–Trinajstić information content (AvgIpc) is 2.69.